The number of aliphatic hydroxyl groups is 1. The highest BCUT2D eigenvalue weighted by Gasteiger charge is 2.07. The Balaban J connectivity index is 1.94. The van der Waals surface area contributed by atoms with E-state index in [-0.39, 0.29) is 12.5 Å². The molecule has 0 unspecified atom stereocenters. The summed E-state index contributed by atoms with van der Waals surface area (Å²) in [5, 5.41) is 15.5. The summed E-state index contributed by atoms with van der Waals surface area (Å²) in [5.41, 5.74) is 1.96. The lowest BCUT2D eigenvalue weighted by Crippen LogP contribution is -2.24. The van der Waals surface area contributed by atoms with E-state index in [2.05, 4.69) is 27.2 Å². The number of nitrogens with zero attached hydrogens (tertiary/aromatic N) is 3. The van der Waals surface area contributed by atoms with Crippen LogP contribution in [0.5, 0.6) is 0 Å². The van der Waals surface area contributed by atoms with Gasteiger partial charge in [-0.05, 0) is 18.2 Å². The number of aryl methyl sites for hydroxylation is 1. The molecule has 0 aliphatic rings. The minimum Gasteiger partial charge on any atom is -0.395 e. The monoisotopic (exact) mass is 284 g/mol. The maximum atomic E-state index is 12.0. The molecule has 2 aromatic rings. The number of pyridine rings is 1. The van der Waals surface area contributed by atoms with E-state index in [0.29, 0.717) is 24.2 Å². The van der Waals surface area contributed by atoms with Crippen molar-refractivity contribution < 1.29 is 9.90 Å². The van der Waals surface area contributed by atoms with Crippen LogP contribution in [-0.4, -0.2) is 32.4 Å². The predicted molar refractivity (Wildman–Crippen MR) is 77.2 cm³/mol. The molecule has 6 nitrogen and oxygen atoms in total. The van der Waals surface area contributed by atoms with Gasteiger partial charge in [0.1, 0.15) is 5.69 Å². The molecule has 0 saturated heterocycles. The summed E-state index contributed by atoms with van der Waals surface area (Å²) in [6.07, 6.45) is 3.65. The number of rotatable bonds is 4. The van der Waals surface area contributed by atoms with E-state index >= 15 is 0 Å². The Morgan fingerprint density at radius 3 is 2.90 bits per heavy atom. The molecule has 0 fully saturated rings. The van der Waals surface area contributed by atoms with Crippen LogP contribution in [0.4, 0.5) is 0 Å². The Hall–Kier alpha value is -2.65. The van der Waals surface area contributed by atoms with Gasteiger partial charge in [-0.3, -0.25) is 9.48 Å². The van der Waals surface area contributed by atoms with E-state index in [1.807, 2.05) is 13.1 Å². The fourth-order valence-corrected chi connectivity index (χ4v) is 1.66. The predicted octanol–water partition coefficient (Wildman–Crippen LogP) is 0.479. The van der Waals surface area contributed by atoms with E-state index in [1.54, 1.807) is 29.2 Å². The van der Waals surface area contributed by atoms with E-state index < -0.39 is 0 Å². The van der Waals surface area contributed by atoms with Gasteiger partial charge in [0.05, 0.1) is 18.8 Å². The van der Waals surface area contributed by atoms with Crippen LogP contribution >= 0.6 is 0 Å². The highest BCUT2D eigenvalue weighted by molar-refractivity contribution is 5.92. The number of carbonyl (C=O) groups excluding carboxylic acids is 1. The Morgan fingerprint density at radius 2 is 2.29 bits per heavy atom. The van der Waals surface area contributed by atoms with Gasteiger partial charge >= 0.3 is 0 Å². The van der Waals surface area contributed by atoms with Crippen molar-refractivity contribution in [2.24, 2.45) is 7.05 Å². The van der Waals surface area contributed by atoms with Crippen molar-refractivity contribution in [3.63, 3.8) is 0 Å². The van der Waals surface area contributed by atoms with E-state index in [4.69, 9.17) is 5.11 Å². The van der Waals surface area contributed by atoms with Gasteiger partial charge < -0.3 is 10.4 Å². The van der Waals surface area contributed by atoms with Gasteiger partial charge in [-0.25, -0.2) is 4.98 Å². The topological polar surface area (TPSA) is 80.0 Å². The third-order valence-corrected chi connectivity index (χ3v) is 2.82. The van der Waals surface area contributed by atoms with Crippen molar-refractivity contribution >= 4 is 5.91 Å². The molecule has 6 heteroatoms. The first-order valence-electron chi connectivity index (χ1n) is 6.51. The quantitative estimate of drug-likeness (QED) is 0.800. The molecule has 21 heavy (non-hydrogen) atoms. The van der Waals surface area contributed by atoms with E-state index in [0.717, 1.165) is 5.69 Å². The molecular weight excluding hydrogens is 268 g/mol. The zero-order valence-electron chi connectivity index (χ0n) is 11.7. The van der Waals surface area contributed by atoms with Gasteiger partial charge in [0, 0.05) is 31.4 Å². The first-order chi connectivity index (χ1) is 10.2. The second-order valence-electron chi connectivity index (χ2n) is 4.34. The highest BCUT2D eigenvalue weighted by Crippen LogP contribution is 2.01. The zero-order valence-corrected chi connectivity index (χ0v) is 11.7. The van der Waals surface area contributed by atoms with Crippen LogP contribution < -0.4 is 5.32 Å². The molecule has 0 aliphatic heterocycles. The Kier molecular flexibility index (Phi) is 5.07. The summed E-state index contributed by atoms with van der Waals surface area (Å²) in [5.74, 6) is 5.41. The standard InChI is InChI=1S/C15H16N4O2/c1-19-13(7-8-18-19)11-17-15(21)14-6-5-12(10-16-14)4-2-3-9-20/h5-8,10,20H,3,9,11H2,1H3,(H,17,21). The number of hydrogen-bond acceptors (Lipinski definition) is 4. The Labute approximate surface area is 122 Å². The van der Waals surface area contributed by atoms with Gasteiger partial charge in [0.15, 0.2) is 0 Å². The first-order valence-corrected chi connectivity index (χ1v) is 6.51. The second kappa shape index (κ2) is 7.22. The lowest BCUT2D eigenvalue weighted by atomic mass is 10.2. The van der Waals surface area contributed by atoms with Crippen molar-refractivity contribution in [2.75, 3.05) is 6.61 Å². The molecule has 0 spiro atoms. The summed E-state index contributed by atoms with van der Waals surface area (Å²) in [7, 11) is 1.82. The van der Waals surface area contributed by atoms with E-state index in [9.17, 15) is 4.79 Å². The highest BCUT2D eigenvalue weighted by atomic mass is 16.2. The molecule has 0 radical (unpaired) electrons. The van der Waals surface area contributed by atoms with Gasteiger partial charge in [-0.15, -0.1) is 0 Å². The van der Waals surface area contributed by atoms with Crippen LogP contribution in [0, 0.1) is 11.8 Å². The number of amides is 1. The summed E-state index contributed by atoms with van der Waals surface area (Å²) >= 11 is 0. The molecule has 0 aliphatic carbocycles. The molecule has 2 rings (SSSR count). The summed E-state index contributed by atoms with van der Waals surface area (Å²) < 4.78 is 1.70. The van der Waals surface area contributed by atoms with Gasteiger partial charge in [0.25, 0.3) is 5.91 Å². The molecule has 0 atom stereocenters. The van der Waals surface area contributed by atoms with Crippen molar-refractivity contribution in [3.05, 3.63) is 47.5 Å². The average Bonchev–Trinajstić information content (AvgIpc) is 2.91. The van der Waals surface area contributed by atoms with Crippen LogP contribution in [0.2, 0.25) is 0 Å². The number of aromatic nitrogens is 3. The normalized spacial score (nSPS) is 9.81. The second-order valence-corrected chi connectivity index (χ2v) is 4.34. The lowest BCUT2D eigenvalue weighted by Gasteiger charge is -2.05. The number of hydrogen-bond donors (Lipinski definition) is 2. The maximum absolute atomic E-state index is 12.0. The fourth-order valence-electron chi connectivity index (χ4n) is 1.66. The molecule has 1 amide bonds. The van der Waals surface area contributed by atoms with Crippen LogP contribution in [-0.2, 0) is 13.6 Å². The van der Waals surface area contributed by atoms with Crippen LogP contribution in [0.25, 0.3) is 0 Å². The Morgan fingerprint density at radius 1 is 1.43 bits per heavy atom. The SMILES string of the molecule is Cn1nccc1CNC(=O)c1ccc(C#CCCO)cn1. The van der Waals surface area contributed by atoms with Crippen LogP contribution in [0.15, 0.2) is 30.6 Å². The van der Waals surface area contributed by atoms with Crippen molar-refractivity contribution in [1.29, 1.82) is 0 Å². The number of nitrogens with one attached hydrogen (secondary N) is 1. The minimum atomic E-state index is -0.244. The summed E-state index contributed by atoms with van der Waals surface area (Å²) in [6, 6.07) is 5.20. The molecule has 2 heterocycles. The maximum Gasteiger partial charge on any atom is 0.270 e. The largest absolute Gasteiger partial charge is 0.395 e. The van der Waals surface area contributed by atoms with Crippen molar-refractivity contribution in [1.82, 2.24) is 20.1 Å². The molecule has 0 aromatic carbocycles. The molecule has 0 bridgehead atoms. The summed E-state index contributed by atoms with van der Waals surface area (Å²) in [4.78, 5) is 16.0. The molecule has 2 aromatic heterocycles. The molecule has 0 saturated carbocycles. The Bertz CT molecular complexity index is 665. The third-order valence-electron chi connectivity index (χ3n) is 2.82. The van der Waals surface area contributed by atoms with Crippen molar-refractivity contribution in [2.45, 2.75) is 13.0 Å². The molecular formula is C15H16N4O2. The number of carbonyl (C=O) groups is 1. The minimum absolute atomic E-state index is 0.0366. The smallest absolute Gasteiger partial charge is 0.270 e. The molecule has 2 N–H and O–H groups in total. The zero-order chi connectivity index (χ0) is 15.1. The van der Waals surface area contributed by atoms with Gasteiger partial charge in [-0.2, -0.15) is 5.10 Å². The average molecular weight is 284 g/mol. The van der Waals surface area contributed by atoms with Gasteiger partial charge in [0.2, 0.25) is 0 Å². The van der Waals surface area contributed by atoms with Gasteiger partial charge in [-0.1, -0.05) is 11.8 Å². The lowest BCUT2D eigenvalue weighted by molar-refractivity contribution is 0.0945. The number of aliphatic hydroxyl groups excluding tert-OH is 1. The van der Waals surface area contributed by atoms with E-state index in [1.165, 1.54) is 0 Å². The van der Waals surface area contributed by atoms with Crippen LogP contribution in [0.3, 0.4) is 0 Å². The van der Waals surface area contributed by atoms with Crippen LogP contribution in [0.1, 0.15) is 28.2 Å². The summed E-state index contributed by atoms with van der Waals surface area (Å²) in [6.45, 7) is 0.435. The fraction of sp³-hybridized carbons (Fsp3) is 0.267. The molecule has 108 valence electrons. The third kappa shape index (κ3) is 4.16. The first kappa shape index (κ1) is 14.8. The van der Waals surface area contributed by atoms with Crippen molar-refractivity contribution in [3.8, 4) is 11.8 Å².